The molecule has 35 heavy (non-hydrogen) atoms. The standard InChI is InChI=1S/C29H23N5O/c1-19-14-21-15-20(12-13-27(21)35-19)28-23(18-34(32-28)24-8-4-3-5-9-24)16-22(17-30)29-31-25-10-6-7-11-26(25)33(29)2/h3-13,15-16,18-19H,14H2,1-2H3. The molecule has 3 heterocycles. The fourth-order valence-corrected chi connectivity index (χ4v) is 4.69. The van der Waals surface area contributed by atoms with Crippen LogP contribution in [0.25, 0.3) is 39.6 Å². The Kier molecular flexibility index (Phi) is 4.97. The number of aryl methyl sites for hydroxylation is 1. The number of ether oxygens (including phenoxy) is 1. The molecule has 0 amide bonds. The van der Waals surface area contributed by atoms with Gasteiger partial charge in [0.25, 0.3) is 0 Å². The Labute approximate surface area is 203 Å². The Hall–Kier alpha value is -4.63. The minimum absolute atomic E-state index is 0.171. The van der Waals surface area contributed by atoms with E-state index in [1.165, 1.54) is 5.56 Å². The highest BCUT2D eigenvalue weighted by molar-refractivity contribution is 5.93. The van der Waals surface area contributed by atoms with Crippen LogP contribution in [0.3, 0.4) is 0 Å². The number of hydrogen-bond acceptors (Lipinski definition) is 4. The van der Waals surface area contributed by atoms with Crippen LogP contribution in [-0.4, -0.2) is 25.4 Å². The first-order valence-corrected chi connectivity index (χ1v) is 11.6. The van der Waals surface area contributed by atoms with E-state index in [0.717, 1.165) is 45.7 Å². The summed E-state index contributed by atoms with van der Waals surface area (Å²) in [5, 5.41) is 15.1. The summed E-state index contributed by atoms with van der Waals surface area (Å²) < 4.78 is 9.71. The summed E-state index contributed by atoms with van der Waals surface area (Å²) in [6.45, 7) is 2.08. The second kappa shape index (κ2) is 8.30. The van der Waals surface area contributed by atoms with Gasteiger partial charge >= 0.3 is 0 Å². The zero-order valence-electron chi connectivity index (χ0n) is 19.5. The molecule has 2 aromatic heterocycles. The van der Waals surface area contributed by atoms with Crippen molar-refractivity contribution in [3.8, 4) is 28.8 Å². The third-order valence-electron chi connectivity index (χ3n) is 6.38. The Morgan fingerprint density at radius 2 is 1.89 bits per heavy atom. The normalized spacial score (nSPS) is 15.1. The van der Waals surface area contributed by atoms with Gasteiger partial charge in [0.1, 0.15) is 23.6 Å². The molecule has 1 aliphatic rings. The molecule has 0 bridgehead atoms. The first-order valence-electron chi connectivity index (χ1n) is 11.6. The summed E-state index contributed by atoms with van der Waals surface area (Å²) in [6.07, 6.45) is 4.90. The smallest absolute Gasteiger partial charge is 0.151 e. The minimum atomic E-state index is 0.171. The maximum atomic E-state index is 10.1. The van der Waals surface area contributed by atoms with Gasteiger partial charge in [0.05, 0.1) is 22.3 Å². The van der Waals surface area contributed by atoms with E-state index < -0.39 is 0 Å². The van der Waals surface area contributed by atoms with Crippen molar-refractivity contribution in [1.29, 1.82) is 5.26 Å². The number of imidazole rings is 1. The van der Waals surface area contributed by atoms with Crippen molar-refractivity contribution in [1.82, 2.24) is 19.3 Å². The fourth-order valence-electron chi connectivity index (χ4n) is 4.69. The third-order valence-corrected chi connectivity index (χ3v) is 6.38. The Morgan fingerprint density at radius 1 is 1.09 bits per heavy atom. The van der Waals surface area contributed by atoms with Crippen molar-refractivity contribution in [2.45, 2.75) is 19.4 Å². The molecule has 0 N–H and O–H groups in total. The van der Waals surface area contributed by atoms with Gasteiger partial charge in [-0.1, -0.05) is 30.3 Å². The summed E-state index contributed by atoms with van der Waals surface area (Å²) in [5.74, 6) is 1.56. The van der Waals surface area contributed by atoms with Crippen LogP contribution in [-0.2, 0) is 13.5 Å². The maximum Gasteiger partial charge on any atom is 0.151 e. The fraction of sp³-hybridized carbons (Fsp3) is 0.138. The summed E-state index contributed by atoms with van der Waals surface area (Å²) in [7, 11) is 1.94. The van der Waals surface area contributed by atoms with Crippen molar-refractivity contribution in [2.24, 2.45) is 7.05 Å². The lowest BCUT2D eigenvalue weighted by Crippen LogP contribution is -2.05. The average Bonchev–Trinajstić information content (AvgIpc) is 3.57. The Balaban J connectivity index is 1.52. The highest BCUT2D eigenvalue weighted by Gasteiger charge is 2.21. The molecule has 3 aromatic carbocycles. The van der Waals surface area contributed by atoms with Crippen molar-refractivity contribution in [2.75, 3.05) is 0 Å². The maximum absolute atomic E-state index is 10.1. The van der Waals surface area contributed by atoms with E-state index in [9.17, 15) is 5.26 Å². The molecule has 1 atom stereocenters. The molecule has 0 radical (unpaired) electrons. The second-order valence-electron chi connectivity index (χ2n) is 8.82. The largest absolute Gasteiger partial charge is 0.490 e. The SMILES string of the molecule is CC1Cc2cc(-c3nn(-c4ccccc4)cc3C=C(C#N)c3nc4ccccc4n3C)ccc2O1. The zero-order valence-corrected chi connectivity index (χ0v) is 19.5. The number of fused-ring (bicyclic) bond motifs is 2. The van der Waals surface area contributed by atoms with Gasteiger partial charge < -0.3 is 9.30 Å². The molecular weight excluding hydrogens is 434 g/mol. The number of nitrogens with zero attached hydrogens (tertiary/aromatic N) is 5. The highest BCUT2D eigenvalue weighted by Crippen LogP contribution is 2.35. The third kappa shape index (κ3) is 3.68. The van der Waals surface area contributed by atoms with Gasteiger partial charge in [-0.2, -0.15) is 10.4 Å². The van der Waals surface area contributed by atoms with Gasteiger partial charge in [0, 0.05) is 30.8 Å². The summed E-state index contributed by atoms with van der Waals surface area (Å²) in [6, 6.07) is 26.4. The van der Waals surface area contributed by atoms with E-state index in [2.05, 4.69) is 19.1 Å². The van der Waals surface area contributed by atoms with Crippen LogP contribution in [0.5, 0.6) is 5.75 Å². The number of benzene rings is 3. The summed E-state index contributed by atoms with van der Waals surface area (Å²) >= 11 is 0. The second-order valence-corrected chi connectivity index (χ2v) is 8.82. The van der Waals surface area contributed by atoms with Crippen molar-refractivity contribution in [3.05, 3.63) is 95.9 Å². The molecular formula is C29H23N5O. The van der Waals surface area contributed by atoms with Gasteiger partial charge in [-0.3, -0.25) is 0 Å². The van der Waals surface area contributed by atoms with Crippen molar-refractivity contribution >= 4 is 22.7 Å². The average molecular weight is 458 g/mol. The molecule has 0 saturated heterocycles. The monoisotopic (exact) mass is 457 g/mol. The molecule has 5 aromatic rings. The van der Waals surface area contributed by atoms with Crippen LogP contribution in [0.2, 0.25) is 0 Å². The Bertz CT molecular complexity index is 1640. The first-order chi connectivity index (χ1) is 17.1. The van der Waals surface area contributed by atoms with Gasteiger partial charge in [0.2, 0.25) is 0 Å². The number of rotatable bonds is 4. The van der Waals surface area contributed by atoms with E-state index in [4.69, 9.17) is 14.8 Å². The highest BCUT2D eigenvalue weighted by atomic mass is 16.5. The van der Waals surface area contributed by atoms with E-state index in [1.807, 2.05) is 95.3 Å². The van der Waals surface area contributed by atoms with E-state index in [-0.39, 0.29) is 6.10 Å². The predicted octanol–water partition coefficient (Wildman–Crippen LogP) is 5.81. The summed E-state index contributed by atoms with van der Waals surface area (Å²) in [4.78, 5) is 4.73. The molecule has 0 aliphatic carbocycles. The number of nitriles is 1. The minimum Gasteiger partial charge on any atom is -0.490 e. The topological polar surface area (TPSA) is 68.7 Å². The molecule has 1 unspecified atom stereocenters. The van der Waals surface area contributed by atoms with Crippen LogP contribution < -0.4 is 4.74 Å². The van der Waals surface area contributed by atoms with Crippen LogP contribution >= 0.6 is 0 Å². The lowest BCUT2D eigenvalue weighted by Gasteiger charge is -2.04. The first kappa shape index (κ1) is 20.9. The number of aromatic nitrogens is 4. The van der Waals surface area contributed by atoms with Crippen LogP contribution in [0, 0.1) is 11.3 Å². The molecule has 0 saturated carbocycles. The molecule has 0 spiro atoms. The predicted molar refractivity (Wildman–Crippen MR) is 137 cm³/mol. The lowest BCUT2D eigenvalue weighted by atomic mass is 10.0. The van der Waals surface area contributed by atoms with Gasteiger partial charge in [0.15, 0.2) is 5.82 Å². The summed E-state index contributed by atoms with van der Waals surface area (Å²) in [5.41, 5.74) is 7.10. The van der Waals surface area contributed by atoms with Crippen LogP contribution in [0.4, 0.5) is 0 Å². The quantitative estimate of drug-likeness (QED) is 0.319. The number of hydrogen-bond donors (Lipinski definition) is 0. The molecule has 6 heteroatoms. The molecule has 6 rings (SSSR count). The molecule has 6 nitrogen and oxygen atoms in total. The van der Waals surface area contributed by atoms with Crippen LogP contribution in [0.15, 0.2) is 79.0 Å². The number of allylic oxidation sites excluding steroid dienone is 1. The van der Waals surface area contributed by atoms with E-state index >= 15 is 0 Å². The molecule has 170 valence electrons. The number of para-hydroxylation sites is 3. The van der Waals surface area contributed by atoms with Crippen molar-refractivity contribution < 1.29 is 4.74 Å². The molecule has 1 aliphatic heterocycles. The van der Waals surface area contributed by atoms with E-state index in [0.29, 0.717) is 11.4 Å². The lowest BCUT2D eigenvalue weighted by molar-refractivity contribution is 0.254. The van der Waals surface area contributed by atoms with Gasteiger partial charge in [-0.25, -0.2) is 9.67 Å². The van der Waals surface area contributed by atoms with Crippen LogP contribution in [0.1, 0.15) is 23.9 Å². The Morgan fingerprint density at radius 3 is 2.69 bits per heavy atom. The van der Waals surface area contributed by atoms with E-state index in [1.54, 1.807) is 0 Å². The zero-order chi connectivity index (χ0) is 23.9. The van der Waals surface area contributed by atoms with Gasteiger partial charge in [-0.05, 0) is 61.0 Å². The van der Waals surface area contributed by atoms with Gasteiger partial charge in [-0.15, -0.1) is 0 Å². The molecule has 0 fully saturated rings. The van der Waals surface area contributed by atoms with Crippen molar-refractivity contribution in [3.63, 3.8) is 0 Å².